The second-order valence-electron chi connectivity index (χ2n) is 4.86. The molecule has 0 bridgehead atoms. The molecule has 1 rings (SSSR count). The molecule has 0 aliphatic rings. The summed E-state index contributed by atoms with van der Waals surface area (Å²) in [7, 11) is 3.10. The highest BCUT2D eigenvalue weighted by atomic mass is 16.5. The van der Waals surface area contributed by atoms with Gasteiger partial charge in [-0.15, -0.1) is 0 Å². The van der Waals surface area contributed by atoms with Crippen molar-refractivity contribution in [3.05, 3.63) is 23.8 Å². The van der Waals surface area contributed by atoms with Crippen LogP contribution in [0.1, 0.15) is 19.4 Å². The van der Waals surface area contributed by atoms with Gasteiger partial charge in [-0.2, -0.15) is 0 Å². The van der Waals surface area contributed by atoms with Crippen LogP contribution in [0.4, 0.5) is 0 Å². The second-order valence-corrected chi connectivity index (χ2v) is 4.86. The maximum atomic E-state index is 11.9. The fourth-order valence-electron chi connectivity index (χ4n) is 1.87. The summed E-state index contributed by atoms with van der Waals surface area (Å²) in [6, 6.07) is 4.54. The average Bonchev–Trinajstić information content (AvgIpc) is 2.46. The van der Waals surface area contributed by atoms with Gasteiger partial charge < -0.3 is 19.9 Å². The Kier molecular flexibility index (Phi) is 6.02. The number of carbonyl (C=O) groups excluding carboxylic acids is 1. The fraction of sp³-hybridized carbons (Fsp3) is 0.467. The third-order valence-corrected chi connectivity index (χ3v) is 3.17. The van der Waals surface area contributed by atoms with Crippen LogP contribution < -0.4 is 14.8 Å². The normalized spacial score (nSPS) is 13.1. The lowest BCUT2D eigenvalue weighted by Crippen LogP contribution is -2.41. The van der Waals surface area contributed by atoms with E-state index in [0.29, 0.717) is 17.9 Å². The van der Waals surface area contributed by atoms with E-state index in [2.05, 4.69) is 5.32 Å². The van der Waals surface area contributed by atoms with Crippen LogP contribution in [-0.2, 0) is 16.0 Å². The highest BCUT2D eigenvalue weighted by molar-refractivity contribution is 5.84. The van der Waals surface area contributed by atoms with E-state index in [1.807, 2.05) is 12.1 Å². The van der Waals surface area contributed by atoms with Crippen LogP contribution in [-0.4, -0.2) is 37.2 Å². The van der Waals surface area contributed by atoms with Crippen LogP contribution in [0, 0.1) is 5.92 Å². The molecule has 0 spiro atoms. The van der Waals surface area contributed by atoms with Gasteiger partial charge in [-0.25, -0.2) is 0 Å². The molecule has 1 aromatic carbocycles. The predicted molar refractivity (Wildman–Crippen MR) is 77.7 cm³/mol. The minimum Gasteiger partial charge on any atom is -0.493 e. The molecule has 0 aliphatic heterocycles. The van der Waals surface area contributed by atoms with E-state index in [1.54, 1.807) is 27.2 Å². The van der Waals surface area contributed by atoms with Crippen LogP contribution in [0.25, 0.3) is 0 Å². The summed E-state index contributed by atoms with van der Waals surface area (Å²) in [6.45, 7) is 3.18. The minimum absolute atomic E-state index is 0.292. The Bertz CT molecular complexity index is 515. The summed E-state index contributed by atoms with van der Waals surface area (Å²) in [4.78, 5) is 22.6. The van der Waals surface area contributed by atoms with Gasteiger partial charge in [-0.1, -0.05) is 13.0 Å². The number of amides is 1. The lowest BCUT2D eigenvalue weighted by molar-refractivity contribution is -0.141. The van der Waals surface area contributed by atoms with E-state index in [1.165, 1.54) is 6.92 Å². The SMILES string of the molecule is COc1ccc(CC(C)C(=O)NC(C)C(=O)O)cc1OC. The number of carbonyl (C=O) groups is 2. The molecule has 2 N–H and O–H groups in total. The average molecular weight is 295 g/mol. The quantitative estimate of drug-likeness (QED) is 0.795. The summed E-state index contributed by atoms with van der Waals surface area (Å²) in [5.41, 5.74) is 0.915. The Labute approximate surface area is 124 Å². The Morgan fingerprint density at radius 2 is 1.81 bits per heavy atom. The van der Waals surface area contributed by atoms with E-state index in [-0.39, 0.29) is 11.8 Å². The van der Waals surface area contributed by atoms with Crippen molar-refractivity contribution in [1.82, 2.24) is 5.32 Å². The van der Waals surface area contributed by atoms with Crippen molar-refractivity contribution < 1.29 is 24.2 Å². The first-order valence-corrected chi connectivity index (χ1v) is 6.63. The molecule has 0 radical (unpaired) electrons. The molecule has 21 heavy (non-hydrogen) atoms. The zero-order valence-electron chi connectivity index (χ0n) is 12.7. The first kappa shape index (κ1) is 16.8. The van der Waals surface area contributed by atoms with Crippen LogP contribution in [0.2, 0.25) is 0 Å². The number of methoxy groups -OCH3 is 2. The Hall–Kier alpha value is -2.24. The van der Waals surface area contributed by atoms with Crippen LogP contribution in [0.3, 0.4) is 0 Å². The molecule has 0 heterocycles. The lowest BCUT2D eigenvalue weighted by atomic mass is 9.99. The van der Waals surface area contributed by atoms with Gasteiger partial charge in [-0.3, -0.25) is 9.59 Å². The maximum absolute atomic E-state index is 11.9. The van der Waals surface area contributed by atoms with Gasteiger partial charge in [0.2, 0.25) is 5.91 Å². The van der Waals surface area contributed by atoms with Crippen LogP contribution in [0.15, 0.2) is 18.2 Å². The topological polar surface area (TPSA) is 84.9 Å². The summed E-state index contributed by atoms with van der Waals surface area (Å²) in [6.07, 6.45) is 0.485. The van der Waals surface area contributed by atoms with Gasteiger partial charge >= 0.3 is 5.97 Å². The first-order chi connectivity index (χ1) is 9.88. The van der Waals surface area contributed by atoms with Crippen molar-refractivity contribution in [2.75, 3.05) is 14.2 Å². The zero-order valence-corrected chi connectivity index (χ0v) is 12.7. The molecular formula is C15H21NO5. The monoisotopic (exact) mass is 295 g/mol. The number of hydrogen-bond acceptors (Lipinski definition) is 4. The third-order valence-electron chi connectivity index (χ3n) is 3.17. The van der Waals surface area contributed by atoms with Gasteiger partial charge in [0.05, 0.1) is 14.2 Å². The number of rotatable bonds is 7. The van der Waals surface area contributed by atoms with E-state index < -0.39 is 12.0 Å². The van der Waals surface area contributed by atoms with Gasteiger partial charge in [0.15, 0.2) is 11.5 Å². The van der Waals surface area contributed by atoms with E-state index in [0.717, 1.165) is 5.56 Å². The number of benzene rings is 1. The fourth-order valence-corrected chi connectivity index (χ4v) is 1.87. The summed E-state index contributed by atoms with van der Waals surface area (Å²) in [5.74, 6) is -0.467. The molecule has 6 nitrogen and oxygen atoms in total. The van der Waals surface area contributed by atoms with Crippen molar-refractivity contribution in [1.29, 1.82) is 0 Å². The smallest absolute Gasteiger partial charge is 0.325 e. The molecule has 1 aromatic rings. The molecule has 0 aliphatic carbocycles. The zero-order chi connectivity index (χ0) is 16.0. The van der Waals surface area contributed by atoms with Crippen LogP contribution in [0.5, 0.6) is 11.5 Å². The van der Waals surface area contributed by atoms with Crippen molar-refractivity contribution >= 4 is 11.9 Å². The van der Waals surface area contributed by atoms with E-state index in [4.69, 9.17) is 14.6 Å². The molecule has 2 atom stereocenters. The van der Waals surface area contributed by atoms with Crippen molar-refractivity contribution in [3.8, 4) is 11.5 Å². The van der Waals surface area contributed by atoms with Gasteiger partial charge in [0, 0.05) is 5.92 Å². The molecule has 1 amide bonds. The Balaban J connectivity index is 2.72. The number of aliphatic carboxylic acids is 1. The highest BCUT2D eigenvalue weighted by Gasteiger charge is 2.19. The molecule has 0 saturated carbocycles. The highest BCUT2D eigenvalue weighted by Crippen LogP contribution is 2.28. The lowest BCUT2D eigenvalue weighted by Gasteiger charge is -2.15. The predicted octanol–water partition coefficient (Wildman–Crippen LogP) is 1.47. The largest absolute Gasteiger partial charge is 0.493 e. The number of hydrogen-bond donors (Lipinski definition) is 2. The Morgan fingerprint density at radius 3 is 2.33 bits per heavy atom. The van der Waals surface area contributed by atoms with Crippen LogP contribution >= 0.6 is 0 Å². The van der Waals surface area contributed by atoms with Crippen molar-refractivity contribution in [3.63, 3.8) is 0 Å². The van der Waals surface area contributed by atoms with E-state index in [9.17, 15) is 9.59 Å². The van der Waals surface area contributed by atoms with E-state index >= 15 is 0 Å². The van der Waals surface area contributed by atoms with Crippen molar-refractivity contribution in [2.45, 2.75) is 26.3 Å². The molecule has 0 saturated heterocycles. The van der Waals surface area contributed by atoms with Crippen molar-refractivity contribution in [2.24, 2.45) is 5.92 Å². The standard InChI is InChI=1S/C15H21NO5/c1-9(14(17)16-10(2)15(18)19)7-11-5-6-12(20-3)13(8-11)21-4/h5-6,8-10H,7H2,1-4H3,(H,16,17)(H,18,19). The molecule has 116 valence electrons. The summed E-state index contributed by atoms with van der Waals surface area (Å²) >= 11 is 0. The maximum Gasteiger partial charge on any atom is 0.325 e. The number of nitrogens with one attached hydrogen (secondary N) is 1. The Morgan fingerprint density at radius 1 is 1.19 bits per heavy atom. The number of carboxylic acid groups (broad SMARTS) is 1. The molecular weight excluding hydrogens is 274 g/mol. The first-order valence-electron chi connectivity index (χ1n) is 6.63. The molecule has 2 unspecified atom stereocenters. The summed E-state index contributed by atoms with van der Waals surface area (Å²) in [5, 5.41) is 11.2. The van der Waals surface area contributed by atoms with Gasteiger partial charge in [-0.05, 0) is 31.0 Å². The molecule has 6 heteroatoms. The molecule has 0 fully saturated rings. The van der Waals surface area contributed by atoms with Gasteiger partial charge in [0.1, 0.15) is 6.04 Å². The molecule has 0 aromatic heterocycles. The second kappa shape index (κ2) is 7.52. The summed E-state index contributed by atoms with van der Waals surface area (Å²) < 4.78 is 10.4. The number of carboxylic acids is 1. The van der Waals surface area contributed by atoms with Gasteiger partial charge in [0.25, 0.3) is 0 Å². The minimum atomic E-state index is -1.05. The third kappa shape index (κ3) is 4.66. The number of ether oxygens (including phenoxy) is 2.